The van der Waals surface area contributed by atoms with Crippen LogP contribution >= 0.6 is 0 Å². The summed E-state index contributed by atoms with van der Waals surface area (Å²) in [4.78, 5) is 0.0141. The van der Waals surface area contributed by atoms with E-state index in [0.29, 0.717) is 12.5 Å². The van der Waals surface area contributed by atoms with Crippen molar-refractivity contribution in [1.29, 1.82) is 0 Å². The molecule has 0 fully saturated rings. The van der Waals surface area contributed by atoms with Crippen molar-refractivity contribution in [2.24, 2.45) is 5.92 Å². The Labute approximate surface area is 118 Å². The Balaban J connectivity index is 2.12. The second-order valence-electron chi connectivity index (χ2n) is 5.15. The molecule has 0 saturated carbocycles. The minimum atomic E-state index is -3.64. The Morgan fingerprint density at radius 2 is 2.15 bits per heavy atom. The molecule has 0 aliphatic heterocycles. The average Bonchev–Trinajstić information content (AvgIpc) is 2.43. The highest BCUT2D eigenvalue weighted by Crippen LogP contribution is 2.22. The predicted octanol–water partition coefficient (Wildman–Crippen LogP) is 2.35. The number of sulfonamides is 1. The summed E-state index contributed by atoms with van der Waals surface area (Å²) in [5.74, 6) is -0.255. The number of rotatable bonds is 4. The normalized spacial score (nSPS) is 19.2. The molecular weight excluding hydrogens is 279 g/mol. The molecule has 1 unspecified atom stereocenters. The third-order valence-corrected chi connectivity index (χ3v) is 4.91. The summed E-state index contributed by atoms with van der Waals surface area (Å²) >= 11 is 0. The van der Waals surface area contributed by atoms with E-state index >= 15 is 0 Å². The second-order valence-corrected chi connectivity index (χ2v) is 6.91. The lowest BCUT2D eigenvalue weighted by molar-refractivity contribution is 0.468. The number of hydrogen-bond donors (Lipinski definition) is 2. The van der Waals surface area contributed by atoms with Gasteiger partial charge >= 0.3 is 0 Å². The van der Waals surface area contributed by atoms with Crippen LogP contribution in [0.25, 0.3) is 0 Å². The van der Waals surface area contributed by atoms with Gasteiger partial charge in [0.1, 0.15) is 5.82 Å². The van der Waals surface area contributed by atoms with E-state index in [2.05, 4.69) is 16.9 Å². The summed E-state index contributed by atoms with van der Waals surface area (Å²) in [5, 5.41) is 0. The first-order valence-corrected chi connectivity index (χ1v) is 8.09. The third-order valence-electron chi connectivity index (χ3n) is 3.51. The van der Waals surface area contributed by atoms with Gasteiger partial charge in [0.2, 0.25) is 10.0 Å². The smallest absolute Gasteiger partial charge is 0.240 e. The number of aryl methyl sites for hydroxylation is 1. The Morgan fingerprint density at radius 1 is 1.40 bits per heavy atom. The summed E-state index contributed by atoms with van der Waals surface area (Å²) in [6.07, 6.45) is 7.02. The van der Waals surface area contributed by atoms with Crippen LogP contribution < -0.4 is 10.5 Å². The zero-order chi connectivity index (χ0) is 14.8. The van der Waals surface area contributed by atoms with Gasteiger partial charge in [-0.05, 0) is 49.8 Å². The van der Waals surface area contributed by atoms with Crippen LogP contribution in [0.4, 0.5) is 10.1 Å². The van der Waals surface area contributed by atoms with E-state index < -0.39 is 15.8 Å². The minimum Gasteiger partial charge on any atom is -0.396 e. The maximum Gasteiger partial charge on any atom is 0.240 e. The van der Waals surface area contributed by atoms with Crippen molar-refractivity contribution in [2.45, 2.75) is 31.1 Å². The molecule has 1 aromatic rings. The molecule has 0 saturated heterocycles. The van der Waals surface area contributed by atoms with Gasteiger partial charge in [-0.15, -0.1) is 0 Å². The highest BCUT2D eigenvalue weighted by atomic mass is 32.2. The number of benzene rings is 1. The summed E-state index contributed by atoms with van der Waals surface area (Å²) < 4.78 is 40.4. The van der Waals surface area contributed by atoms with Gasteiger partial charge in [0.05, 0.1) is 10.6 Å². The second kappa shape index (κ2) is 5.93. The van der Waals surface area contributed by atoms with E-state index in [1.165, 1.54) is 13.0 Å². The molecule has 0 aromatic heterocycles. The topological polar surface area (TPSA) is 72.2 Å². The van der Waals surface area contributed by atoms with Crippen molar-refractivity contribution in [1.82, 2.24) is 4.72 Å². The van der Waals surface area contributed by atoms with Crippen LogP contribution in [0.5, 0.6) is 0 Å². The number of anilines is 1. The zero-order valence-corrected chi connectivity index (χ0v) is 12.2. The molecule has 2 rings (SSSR count). The number of halogens is 1. The molecule has 0 spiro atoms. The van der Waals surface area contributed by atoms with E-state index in [9.17, 15) is 12.8 Å². The van der Waals surface area contributed by atoms with E-state index in [-0.39, 0.29) is 16.1 Å². The van der Waals surface area contributed by atoms with Crippen molar-refractivity contribution < 1.29 is 12.8 Å². The summed E-state index contributed by atoms with van der Waals surface area (Å²) in [6.45, 7) is 1.89. The molecule has 110 valence electrons. The first-order chi connectivity index (χ1) is 9.40. The summed E-state index contributed by atoms with van der Waals surface area (Å²) in [7, 11) is -3.64. The van der Waals surface area contributed by atoms with Crippen molar-refractivity contribution in [3.63, 3.8) is 0 Å². The van der Waals surface area contributed by atoms with E-state index in [1.807, 2.05) is 0 Å². The van der Waals surface area contributed by atoms with Crippen LogP contribution in [-0.4, -0.2) is 15.0 Å². The molecule has 0 bridgehead atoms. The summed E-state index contributed by atoms with van der Waals surface area (Å²) in [5.41, 5.74) is 5.56. The van der Waals surface area contributed by atoms with E-state index in [4.69, 9.17) is 5.73 Å². The monoisotopic (exact) mass is 298 g/mol. The maximum absolute atomic E-state index is 13.4. The number of nitrogen functional groups attached to an aromatic ring is 1. The number of allylic oxidation sites excluding steroid dienone is 2. The predicted molar refractivity (Wildman–Crippen MR) is 77.2 cm³/mol. The average molecular weight is 298 g/mol. The Bertz CT molecular complexity index is 603. The molecule has 6 heteroatoms. The third kappa shape index (κ3) is 3.37. The van der Waals surface area contributed by atoms with Crippen LogP contribution in [0.3, 0.4) is 0 Å². The van der Waals surface area contributed by atoms with Gasteiger partial charge in [-0.2, -0.15) is 0 Å². The number of nitrogens with two attached hydrogens (primary N) is 1. The molecule has 1 atom stereocenters. The maximum atomic E-state index is 13.4. The molecule has 20 heavy (non-hydrogen) atoms. The van der Waals surface area contributed by atoms with Crippen LogP contribution in [0, 0.1) is 18.7 Å². The fourth-order valence-corrected chi connectivity index (χ4v) is 3.51. The van der Waals surface area contributed by atoms with Crippen molar-refractivity contribution >= 4 is 15.7 Å². The van der Waals surface area contributed by atoms with Gasteiger partial charge in [-0.3, -0.25) is 0 Å². The lowest BCUT2D eigenvalue weighted by atomic mass is 9.95. The van der Waals surface area contributed by atoms with Crippen LogP contribution in [0.2, 0.25) is 0 Å². The highest BCUT2D eigenvalue weighted by Gasteiger charge is 2.19. The molecule has 0 amide bonds. The minimum absolute atomic E-state index is 0.0141. The molecule has 1 aliphatic rings. The van der Waals surface area contributed by atoms with Crippen molar-refractivity contribution in [2.75, 3.05) is 12.3 Å². The Hall–Kier alpha value is -1.40. The lowest BCUT2D eigenvalue weighted by Crippen LogP contribution is -2.30. The van der Waals surface area contributed by atoms with Crippen molar-refractivity contribution in [3.8, 4) is 0 Å². The Kier molecular flexibility index (Phi) is 4.45. The first-order valence-electron chi connectivity index (χ1n) is 6.60. The van der Waals surface area contributed by atoms with E-state index in [0.717, 1.165) is 25.3 Å². The fourth-order valence-electron chi connectivity index (χ4n) is 2.27. The van der Waals surface area contributed by atoms with Gasteiger partial charge in [-0.1, -0.05) is 12.2 Å². The Morgan fingerprint density at radius 3 is 2.75 bits per heavy atom. The molecule has 1 aliphatic carbocycles. The molecule has 3 N–H and O–H groups in total. The molecule has 0 radical (unpaired) electrons. The van der Waals surface area contributed by atoms with Crippen molar-refractivity contribution in [3.05, 3.63) is 35.7 Å². The van der Waals surface area contributed by atoms with Gasteiger partial charge in [0.15, 0.2) is 0 Å². The van der Waals surface area contributed by atoms with E-state index in [1.54, 1.807) is 0 Å². The molecule has 4 nitrogen and oxygen atoms in total. The number of hydrogen-bond acceptors (Lipinski definition) is 3. The quantitative estimate of drug-likeness (QED) is 0.662. The molecule has 1 aromatic carbocycles. The number of nitrogens with one attached hydrogen (secondary N) is 1. The molecular formula is C14H19FN2O2S. The fraction of sp³-hybridized carbons (Fsp3) is 0.429. The lowest BCUT2D eigenvalue weighted by Gasteiger charge is -2.18. The van der Waals surface area contributed by atoms with Gasteiger partial charge < -0.3 is 5.73 Å². The van der Waals surface area contributed by atoms with Gasteiger partial charge in [0.25, 0.3) is 0 Å². The van der Waals surface area contributed by atoms with Crippen LogP contribution in [-0.2, 0) is 10.0 Å². The van der Waals surface area contributed by atoms with Gasteiger partial charge in [-0.25, -0.2) is 17.5 Å². The summed E-state index contributed by atoms with van der Waals surface area (Å²) in [6, 6.07) is 2.46. The SMILES string of the molecule is Cc1cc(S(=O)(=O)NCC2CC=CCC2)cc(N)c1F. The first kappa shape index (κ1) is 15.0. The standard InChI is InChI=1S/C14H19FN2O2S/c1-10-7-12(8-13(16)14(10)15)20(18,19)17-9-11-5-3-2-4-6-11/h2-3,7-8,11,17H,4-6,9,16H2,1H3. The molecule has 0 heterocycles. The zero-order valence-electron chi connectivity index (χ0n) is 11.4. The largest absolute Gasteiger partial charge is 0.396 e. The van der Waals surface area contributed by atoms with Crippen LogP contribution in [0.15, 0.2) is 29.2 Å². The highest BCUT2D eigenvalue weighted by molar-refractivity contribution is 7.89. The van der Waals surface area contributed by atoms with Gasteiger partial charge in [0, 0.05) is 6.54 Å². The van der Waals surface area contributed by atoms with Crippen LogP contribution in [0.1, 0.15) is 24.8 Å².